The number of nitrogens with zero attached hydrogens (tertiary/aromatic N) is 5. The molecule has 5 heterocycles. The van der Waals surface area contributed by atoms with Crippen LogP contribution >= 0.6 is 0 Å². The number of nitrogens with one attached hydrogen (secondary N) is 3. The molecule has 56 heavy (non-hydrogen) atoms. The number of hydrogen-bond acceptors (Lipinski definition) is 9. The number of halogens is 3. The molecule has 2 saturated heterocycles. The van der Waals surface area contributed by atoms with Gasteiger partial charge >= 0.3 is 0 Å². The number of methoxy groups -OCH3 is 2. The summed E-state index contributed by atoms with van der Waals surface area (Å²) in [6.45, 7) is 4.42. The van der Waals surface area contributed by atoms with Crippen molar-refractivity contribution in [2.75, 3.05) is 55.9 Å². The Hall–Kier alpha value is -6.02. The summed E-state index contributed by atoms with van der Waals surface area (Å²) in [5.74, 6) is -2.26. The average molecular weight is 765 g/mol. The van der Waals surface area contributed by atoms with E-state index >= 15 is 0 Å². The van der Waals surface area contributed by atoms with Gasteiger partial charge in [0.25, 0.3) is 5.91 Å². The monoisotopic (exact) mass is 764 g/mol. The third-order valence-corrected chi connectivity index (χ3v) is 10.7. The van der Waals surface area contributed by atoms with E-state index in [0.717, 1.165) is 49.4 Å². The second-order valence-electron chi connectivity index (χ2n) is 14.1. The zero-order valence-corrected chi connectivity index (χ0v) is 31.2. The van der Waals surface area contributed by atoms with Crippen molar-refractivity contribution in [2.24, 2.45) is 4.99 Å². The van der Waals surface area contributed by atoms with Crippen molar-refractivity contribution in [1.82, 2.24) is 19.6 Å². The molecule has 0 bridgehead atoms. The maximum Gasteiger partial charge on any atom is 0.259 e. The highest BCUT2D eigenvalue weighted by molar-refractivity contribution is 6.07. The number of fused-ring (bicyclic) bond motifs is 1. The summed E-state index contributed by atoms with van der Waals surface area (Å²) < 4.78 is 56.5. The molecular formula is C42H43F3N8O3. The zero-order valence-electron chi connectivity index (χ0n) is 31.2. The number of rotatable bonds is 10. The number of piperidine rings is 2. The second kappa shape index (κ2) is 16.0. The van der Waals surface area contributed by atoms with Crippen molar-refractivity contribution in [1.29, 1.82) is 0 Å². The predicted octanol–water partition coefficient (Wildman–Crippen LogP) is 7.55. The normalized spacial score (nSPS) is 17.7. The Bertz CT molecular complexity index is 2290. The zero-order chi connectivity index (χ0) is 38.8. The van der Waals surface area contributed by atoms with Crippen LogP contribution in [0.15, 0.2) is 84.0 Å². The number of ether oxygens (including phenoxy) is 2. The topological polar surface area (TPSA) is 108 Å². The van der Waals surface area contributed by atoms with E-state index in [1.54, 1.807) is 42.1 Å². The minimum atomic E-state index is -0.921. The van der Waals surface area contributed by atoms with Gasteiger partial charge in [0, 0.05) is 54.9 Å². The van der Waals surface area contributed by atoms with Gasteiger partial charge < -0.3 is 35.2 Å². The Kier molecular flexibility index (Phi) is 10.5. The fourth-order valence-corrected chi connectivity index (χ4v) is 7.88. The number of hydrogen-bond donors (Lipinski definition) is 3. The first-order valence-electron chi connectivity index (χ1n) is 18.8. The molecule has 3 aromatic carbocycles. The molecule has 14 heteroatoms. The lowest BCUT2D eigenvalue weighted by Crippen LogP contribution is -2.46. The van der Waals surface area contributed by atoms with Crippen LogP contribution in [0.1, 0.15) is 48.2 Å². The number of carbonyl (C=O) groups excluding carboxylic acids is 1. The Balaban J connectivity index is 1.04. The molecule has 3 aliphatic heterocycles. The van der Waals surface area contributed by atoms with Crippen LogP contribution in [0.2, 0.25) is 0 Å². The molecule has 2 aromatic heterocycles. The Morgan fingerprint density at radius 1 is 0.875 bits per heavy atom. The van der Waals surface area contributed by atoms with Crippen molar-refractivity contribution in [2.45, 2.75) is 44.4 Å². The molecule has 3 N–H and O–H groups in total. The van der Waals surface area contributed by atoms with Crippen LogP contribution in [0.3, 0.4) is 0 Å². The smallest absolute Gasteiger partial charge is 0.259 e. The molecule has 1 amide bonds. The van der Waals surface area contributed by atoms with E-state index in [4.69, 9.17) is 14.5 Å². The molecule has 1 atom stereocenters. The maximum absolute atomic E-state index is 14.5. The Morgan fingerprint density at radius 3 is 2.39 bits per heavy atom. The van der Waals surface area contributed by atoms with Crippen LogP contribution < -0.4 is 30.3 Å². The molecule has 11 nitrogen and oxygen atoms in total. The van der Waals surface area contributed by atoms with Gasteiger partial charge in [0.05, 0.1) is 42.6 Å². The first kappa shape index (κ1) is 36.9. The highest BCUT2D eigenvalue weighted by atomic mass is 19.1. The van der Waals surface area contributed by atoms with Gasteiger partial charge in [-0.05, 0) is 93.4 Å². The Labute approximate surface area is 322 Å². The van der Waals surface area contributed by atoms with Gasteiger partial charge in [-0.3, -0.25) is 9.20 Å². The Morgan fingerprint density at radius 2 is 1.64 bits per heavy atom. The van der Waals surface area contributed by atoms with Crippen LogP contribution in [-0.4, -0.2) is 79.1 Å². The van der Waals surface area contributed by atoms with E-state index < -0.39 is 35.3 Å². The lowest BCUT2D eigenvalue weighted by molar-refractivity contribution is 0.102. The highest BCUT2D eigenvalue weighted by Crippen LogP contribution is 2.36. The number of imidazole rings is 1. The maximum atomic E-state index is 14.5. The summed E-state index contributed by atoms with van der Waals surface area (Å²) in [7, 11) is 3.04. The van der Waals surface area contributed by atoms with Crippen molar-refractivity contribution < 1.29 is 27.4 Å². The largest absolute Gasteiger partial charge is 0.496 e. The number of para-hydroxylation sites is 1. The third kappa shape index (κ3) is 7.48. The first-order chi connectivity index (χ1) is 27.3. The first-order valence-corrected chi connectivity index (χ1v) is 18.8. The van der Waals surface area contributed by atoms with E-state index in [2.05, 4.69) is 42.9 Å². The lowest BCUT2D eigenvalue weighted by Gasteiger charge is -2.41. The number of benzene rings is 3. The lowest BCUT2D eigenvalue weighted by atomic mass is 9.99. The van der Waals surface area contributed by atoms with Crippen LogP contribution in [0, 0.1) is 17.5 Å². The van der Waals surface area contributed by atoms with Gasteiger partial charge in [-0.25, -0.2) is 23.1 Å². The van der Waals surface area contributed by atoms with Gasteiger partial charge in [-0.15, -0.1) is 0 Å². The number of allylic oxidation sites excluding steroid dienone is 1. The van der Waals surface area contributed by atoms with E-state index in [-0.39, 0.29) is 11.3 Å². The standard InChI is InChI=1S/C42H43F3N8O3/c1-55-35-12-9-26(23-30(35)41(54)50-39-31(44)7-6-8-32(39)45)38-40(53-22-14-27(43)24-37(53)49-38)34-13-17-46-42(48-34)47-33-11-10-29(25-36(33)56-2)52-20-15-28(16-21-52)51-18-4-3-5-19-51/h6-14,17,22-25,28,42,47-48H,3-5,15-16,18-21H2,1-2H3,(H,50,54). The van der Waals surface area contributed by atoms with Gasteiger partial charge in [-0.1, -0.05) is 12.5 Å². The van der Waals surface area contributed by atoms with E-state index in [1.807, 2.05) is 6.07 Å². The molecule has 8 rings (SSSR count). The molecule has 5 aromatic rings. The summed E-state index contributed by atoms with van der Waals surface area (Å²) in [6, 6.07) is 17.5. The van der Waals surface area contributed by atoms with E-state index in [0.29, 0.717) is 40.1 Å². The summed E-state index contributed by atoms with van der Waals surface area (Å²) >= 11 is 0. The summed E-state index contributed by atoms with van der Waals surface area (Å²) in [5.41, 5.74) is 3.64. The fraction of sp³-hybridized carbons (Fsp3) is 0.310. The second-order valence-corrected chi connectivity index (χ2v) is 14.1. The molecule has 290 valence electrons. The SMILES string of the molecule is COc1cc(N2CCC(N3CCCCC3)CC2)ccc1NC1N=CC=C(c2c(-c3ccc(OC)c(C(=O)Nc4c(F)cccc4F)c3)nc3cc(F)ccn23)N1. The van der Waals surface area contributed by atoms with Crippen LogP contribution in [0.25, 0.3) is 22.6 Å². The van der Waals surface area contributed by atoms with Gasteiger partial charge in [0.1, 0.15) is 40.3 Å². The molecule has 0 spiro atoms. The number of amides is 1. The predicted molar refractivity (Wildman–Crippen MR) is 212 cm³/mol. The quantitative estimate of drug-likeness (QED) is 0.134. The van der Waals surface area contributed by atoms with Crippen molar-refractivity contribution in [3.8, 4) is 22.8 Å². The number of pyridine rings is 1. The van der Waals surface area contributed by atoms with Gasteiger partial charge in [0.15, 0.2) is 6.29 Å². The van der Waals surface area contributed by atoms with Crippen molar-refractivity contribution >= 4 is 40.5 Å². The number of anilines is 3. The third-order valence-electron chi connectivity index (χ3n) is 10.7. The van der Waals surface area contributed by atoms with Crippen molar-refractivity contribution in [3.05, 3.63) is 108 Å². The molecule has 1 unspecified atom stereocenters. The van der Waals surface area contributed by atoms with Gasteiger partial charge in [0.2, 0.25) is 0 Å². The molecule has 0 saturated carbocycles. The molecule has 2 fully saturated rings. The highest BCUT2D eigenvalue weighted by Gasteiger charge is 2.28. The van der Waals surface area contributed by atoms with E-state index in [1.165, 1.54) is 63.7 Å². The number of aromatic nitrogens is 2. The minimum absolute atomic E-state index is 0.00967. The van der Waals surface area contributed by atoms with Gasteiger partial charge in [-0.2, -0.15) is 0 Å². The van der Waals surface area contributed by atoms with Crippen LogP contribution in [-0.2, 0) is 0 Å². The number of carbonyl (C=O) groups is 1. The number of aliphatic imine (C=N–C) groups is 1. The number of likely N-dealkylation sites (tertiary alicyclic amines) is 1. The molecule has 0 radical (unpaired) electrons. The van der Waals surface area contributed by atoms with Crippen LogP contribution in [0.4, 0.5) is 30.2 Å². The fourth-order valence-electron chi connectivity index (χ4n) is 7.88. The molecule has 0 aliphatic carbocycles. The molecular weight excluding hydrogens is 722 g/mol. The summed E-state index contributed by atoms with van der Waals surface area (Å²) in [6.07, 6.45) is 10.6. The van der Waals surface area contributed by atoms with Crippen molar-refractivity contribution in [3.63, 3.8) is 0 Å². The summed E-state index contributed by atoms with van der Waals surface area (Å²) in [5, 5.41) is 9.20. The van der Waals surface area contributed by atoms with E-state index in [9.17, 15) is 18.0 Å². The summed E-state index contributed by atoms with van der Waals surface area (Å²) in [4.78, 5) is 28.0. The molecule has 3 aliphatic rings. The van der Waals surface area contributed by atoms with Crippen LogP contribution in [0.5, 0.6) is 11.5 Å². The minimum Gasteiger partial charge on any atom is -0.496 e. The average Bonchev–Trinajstić information content (AvgIpc) is 3.61.